The van der Waals surface area contributed by atoms with Crippen LogP contribution in [0.4, 0.5) is 0 Å². The number of hydrogen-bond acceptors (Lipinski definition) is 1. The summed E-state index contributed by atoms with van der Waals surface area (Å²) in [5.41, 5.74) is 6.06. The highest BCUT2D eigenvalue weighted by Gasteiger charge is 2.16. The summed E-state index contributed by atoms with van der Waals surface area (Å²) in [6.45, 7) is 6.38. The third-order valence-corrected chi connectivity index (χ3v) is 4.48. The van der Waals surface area contributed by atoms with E-state index in [1.165, 1.54) is 16.7 Å². The van der Waals surface area contributed by atoms with E-state index in [1.54, 1.807) is 7.11 Å². The van der Waals surface area contributed by atoms with Crippen molar-refractivity contribution in [2.24, 2.45) is 0 Å². The van der Waals surface area contributed by atoms with Crippen molar-refractivity contribution in [3.8, 4) is 5.75 Å². The summed E-state index contributed by atoms with van der Waals surface area (Å²) in [6, 6.07) is 12.8. The number of halogens is 1. The zero-order valence-electron chi connectivity index (χ0n) is 13.2. The molecule has 0 N–H and O–H groups in total. The van der Waals surface area contributed by atoms with Gasteiger partial charge in [0.25, 0.3) is 0 Å². The Hall–Kier alpha value is -1.47. The van der Waals surface area contributed by atoms with Crippen molar-refractivity contribution < 1.29 is 4.74 Å². The van der Waals surface area contributed by atoms with E-state index in [4.69, 9.17) is 16.3 Å². The summed E-state index contributed by atoms with van der Waals surface area (Å²) >= 11 is 6.77. The van der Waals surface area contributed by atoms with Crippen molar-refractivity contribution >= 4 is 11.6 Å². The van der Waals surface area contributed by atoms with Gasteiger partial charge in [0.15, 0.2) is 0 Å². The fourth-order valence-corrected chi connectivity index (χ4v) is 2.93. The van der Waals surface area contributed by atoms with E-state index >= 15 is 0 Å². The number of rotatable bonds is 5. The van der Waals surface area contributed by atoms with Crippen molar-refractivity contribution in [3.05, 3.63) is 64.2 Å². The highest BCUT2D eigenvalue weighted by atomic mass is 35.5. The average molecular weight is 303 g/mol. The largest absolute Gasteiger partial charge is 0.496 e. The van der Waals surface area contributed by atoms with Crippen LogP contribution in [0, 0.1) is 6.92 Å². The molecule has 0 aromatic heterocycles. The molecular formula is C19H23ClO. The molecular weight excluding hydrogens is 280 g/mol. The number of benzene rings is 2. The highest BCUT2D eigenvalue weighted by Crippen LogP contribution is 2.34. The van der Waals surface area contributed by atoms with Gasteiger partial charge >= 0.3 is 0 Å². The Labute approximate surface area is 132 Å². The molecule has 1 unspecified atom stereocenters. The maximum Gasteiger partial charge on any atom is 0.122 e. The molecule has 2 rings (SSSR count). The van der Waals surface area contributed by atoms with Crippen LogP contribution >= 0.6 is 11.6 Å². The monoisotopic (exact) mass is 302 g/mol. The lowest BCUT2D eigenvalue weighted by atomic mass is 9.94. The van der Waals surface area contributed by atoms with E-state index in [0.717, 1.165) is 29.7 Å². The molecule has 2 aromatic carbocycles. The quantitative estimate of drug-likeness (QED) is 0.667. The zero-order valence-corrected chi connectivity index (χ0v) is 14.0. The first kappa shape index (κ1) is 15.9. The molecule has 21 heavy (non-hydrogen) atoms. The van der Waals surface area contributed by atoms with Gasteiger partial charge in [0.05, 0.1) is 12.5 Å². The predicted molar refractivity (Wildman–Crippen MR) is 90.6 cm³/mol. The van der Waals surface area contributed by atoms with Crippen molar-refractivity contribution in [1.29, 1.82) is 0 Å². The molecule has 112 valence electrons. The molecule has 0 saturated heterocycles. The van der Waals surface area contributed by atoms with Gasteiger partial charge < -0.3 is 4.74 Å². The van der Waals surface area contributed by atoms with Crippen LogP contribution in [0.1, 0.15) is 47.0 Å². The van der Waals surface area contributed by atoms with Gasteiger partial charge in [0.2, 0.25) is 0 Å². The predicted octanol–water partition coefficient (Wildman–Crippen LogP) is 5.46. The molecule has 2 aromatic rings. The van der Waals surface area contributed by atoms with Crippen LogP contribution < -0.4 is 4.74 Å². The molecule has 0 fully saturated rings. The van der Waals surface area contributed by atoms with Gasteiger partial charge in [-0.15, -0.1) is 11.6 Å². The molecule has 0 radical (unpaired) electrons. The van der Waals surface area contributed by atoms with E-state index in [-0.39, 0.29) is 5.38 Å². The summed E-state index contributed by atoms with van der Waals surface area (Å²) in [4.78, 5) is 0. The summed E-state index contributed by atoms with van der Waals surface area (Å²) in [5.74, 6) is 0.892. The lowest BCUT2D eigenvalue weighted by molar-refractivity contribution is 0.411. The number of alkyl halides is 1. The average Bonchev–Trinajstić information content (AvgIpc) is 2.54. The van der Waals surface area contributed by atoms with Crippen molar-refractivity contribution in [1.82, 2.24) is 0 Å². The molecule has 0 spiro atoms. The lowest BCUT2D eigenvalue weighted by Crippen LogP contribution is -2.01. The van der Waals surface area contributed by atoms with Crippen LogP contribution in [-0.4, -0.2) is 7.11 Å². The molecule has 1 atom stereocenters. The van der Waals surface area contributed by atoms with E-state index in [2.05, 4.69) is 44.2 Å². The van der Waals surface area contributed by atoms with E-state index in [0.29, 0.717) is 0 Å². The second kappa shape index (κ2) is 7.00. The van der Waals surface area contributed by atoms with Crippen LogP contribution in [0.3, 0.4) is 0 Å². The van der Waals surface area contributed by atoms with E-state index in [1.807, 2.05) is 13.0 Å². The Kier molecular flexibility index (Phi) is 5.30. The molecule has 0 saturated carbocycles. The molecule has 0 bridgehead atoms. The highest BCUT2D eigenvalue weighted by molar-refractivity contribution is 6.22. The summed E-state index contributed by atoms with van der Waals surface area (Å²) in [7, 11) is 1.70. The fraction of sp³-hybridized carbons (Fsp3) is 0.368. The Balaban J connectivity index is 2.45. The number of methoxy groups -OCH3 is 1. The molecule has 0 aliphatic heterocycles. The maximum atomic E-state index is 6.77. The van der Waals surface area contributed by atoms with Gasteiger partial charge in [-0.2, -0.15) is 0 Å². The number of hydrogen-bond donors (Lipinski definition) is 0. The molecule has 0 amide bonds. The molecule has 0 heterocycles. The van der Waals surface area contributed by atoms with Crippen molar-refractivity contribution in [3.63, 3.8) is 0 Å². The smallest absolute Gasteiger partial charge is 0.122 e. The Morgan fingerprint density at radius 3 is 2.43 bits per heavy atom. The van der Waals surface area contributed by atoms with E-state index in [9.17, 15) is 0 Å². The second-order valence-electron chi connectivity index (χ2n) is 5.33. The number of aryl methyl sites for hydroxylation is 3. The van der Waals surface area contributed by atoms with Crippen LogP contribution in [0.25, 0.3) is 0 Å². The minimum atomic E-state index is -0.138. The van der Waals surface area contributed by atoms with Crippen molar-refractivity contribution in [2.45, 2.75) is 39.0 Å². The first-order chi connectivity index (χ1) is 10.1. The zero-order chi connectivity index (χ0) is 15.4. The Morgan fingerprint density at radius 2 is 1.81 bits per heavy atom. The standard InChI is InChI=1S/C19H23ClO/c1-5-14-8-10-15(6-2)17(11-14)19(20)16-9-7-13(3)18(12-16)21-4/h7-12,19H,5-6H2,1-4H3. The summed E-state index contributed by atoms with van der Waals surface area (Å²) < 4.78 is 5.41. The van der Waals surface area contributed by atoms with E-state index < -0.39 is 0 Å². The maximum absolute atomic E-state index is 6.77. The van der Waals surface area contributed by atoms with Crippen LogP contribution in [-0.2, 0) is 12.8 Å². The fourth-order valence-electron chi connectivity index (χ4n) is 2.60. The lowest BCUT2D eigenvalue weighted by Gasteiger charge is -2.17. The SMILES string of the molecule is CCc1ccc(CC)c(C(Cl)c2ccc(C)c(OC)c2)c1. The van der Waals surface area contributed by atoms with Crippen molar-refractivity contribution in [2.75, 3.05) is 7.11 Å². The third-order valence-electron chi connectivity index (χ3n) is 4.00. The second-order valence-corrected chi connectivity index (χ2v) is 5.77. The number of ether oxygens (including phenoxy) is 1. The minimum Gasteiger partial charge on any atom is -0.496 e. The molecule has 1 nitrogen and oxygen atoms in total. The molecule has 0 aliphatic rings. The van der Waals surface area contributed by atoms with Gasteiger partial charge in [0.1, 0.15) is 5.75 Å². The van der Waals surface area contributed by atoms with Gasteiger partial charge in [-0.05, 0) is 53.6 Å². The third kappa shape index (κ3) is 3.41. The molecule has 2 heteroatoms. The summed E-state index contributed by atoms with van der Waals surface area (Å²) in [6.07, 6.45) is 2.02. The first-order valence-corrected chi connectivity index (χ1v) is 7.94. The van der Waals surface area contributed by atoms with Gasteiger partial charge in [-0.25, -0.2) is 0 Å². The van der Waals surface area contributed by atoms with Crippen LogP contribution in [0.15, 0.2) is 36.4 Å². The Morgan fingerprint density at radius 1 is 1.05 bits per heavy atom. The normalized spacial score (nSPS) is 12.2. The first-order valence-electron chi connectivity index (χ1n) is 7.51. The Bertz CT molecular complexity index is 619. The van der Waals surface area contributed by atoms with Gasteiger partial charge in [-0.3, -0.25) is 0 Å². The van der Waals surface area contributed by atoms with Crippen LogP contribution in [0.5, 0.6) is 5.75 Å². The van der Waals surface area contributed by atoms with Gasteiger partial charge in [0, 0.05) is 0 Å². The van der Waals surface area contributed by atoms with Crippen LogP contribution in [0.2, 0.25) is 0 Å². The van der Waals surface area contributed by atoms with Gasteiger partial charge in [-0.1, -0.05) is 44.2 Å². The minimum absolute atomic E-state index is 0.138. The summed E-state index contributed by atoms with van der Waals surface area (Å²) in [5, 5.41) is -0.138. The topological polar surface area (TPSA) is 9.23 Å². The molecule has 0 aliphatic carbocycles.